The van der Waals surface area contributed by atoms with Gasteiger partial charge in [-0.15, -0.1) is 0 Å². The van der Waals surface area contributed by atoms with Crippen LogP contribution in [0.5, 0.6) is 5.75 Å². The number of aromatic nitrogens is 3. The largest absolute Gasteiger partial charge is 0.493 e. The molecule has 7 nitrogen and oxygen atoms in total. The molecule has 0 aliphatic rings. The van der Waals surface area contributed by atoms with E-state index in [0.29, 0.717) is 39.2 Å². The van der Waals surface area contributed by atoms with Crippen molar-refractivity contribution in [1.82, 2.24) is 20.1 Å². The number of ether oxygens (including phenoxy) is 1. The van der Waals surface area contributed by atoms with Gasteiger partial charge in [-0.3, -0.25) is 14.9 Å². The molecule has 4 rings (SSSR count). The number of hydrogen-bond acceptors (Lipinski definition) is 5. The van der Waals surface area contributed by atoms with E-state index >= 15 is 0 Å². The molecule has 176 valence electrons. The first-order valence-corrected chi connectivity index (χ1v) is 11.5. The number of fused-ring (bicyclic) bond motifs is 1. The molecule has 0 aliphatic heterocycles. The summed E-state index contributed by atoms with van der Waals surface area (Å²) in [5.41, 5.74) is 3.93. The lowest BCUT2D eigenvalue weighted by Gasteiger charge is -2.20. The zero-order valence-corrected chi connectivity index (χ0v) is 20.5. The summed E-state index contributed by atoms with van der Waals surface area (Å²) in [5, 5.41) is 18.7. The Balaban J connectivity index is 1.66. The Morgan fingerprint density at radius 3 is 2.74 bits per heavy atom. The van der Waals surface area contributed by atoms with E-state index in [-0.39, 0.29) is 12.5 Å². The minimum Gasteiger partial charge on any atom is -0.493 e. The third-order valence-electron chi connectivity index (χ3n) is 5.46. The number of halogens is 2. The zero-order valence-electron chi connectivity index (χ0n) is 19.0. The van der Waals surface area contributed by atoms with Crippen LogP contribution in [0.25, 0.3) is 22.0 Å². The first-order chi connectivity index (χ1) is 16.3. The molecule has 0 aliphatic carbocycles. The van der Waals surface area contributed by atoms with Crippen LogP contribution in [0.1, 0.15) is 41.6 Å². The lowest BCUT2D eigenvalue weighted by molar-refractivity contribution is 0.0785. The van der Waals surface area contributed by atoms with Crippen molar-refractivity contribution in [3.8, 4) is 16.9 Å². The maximum absolute atomic E-state index is 13.3. The molecular weight excluding hydrogens is 475 g/mol. The summed E-state index contributed by atoms with van der Waals surface area (Å²) in [6, 6.07) is 10.7. The molecule has 4 aromatic rings. The lowest BCUT2D eigenvalue weighted by atomic mass is 10.0. The zero-order chi connectivity index (χ0) is 24.4. The molecule has 1 atom stereocenters. The summed E-state index contributed by atoms with van der Waals surface area (Å²) in [7, 11) is 1.70. The fraction of sp³-hybridized carbons (Fsp3) is 0.240. The summed E-state index contributed by atoms with van der Waals surface area (Å²) in [6.45, 7) is 4.21. The van der Waals surface area contributed by atoms with Crippen LogP contribution in [-0.4, -0.2) is 44.7 Å². The summed E-state index contributed by atoms with van der Waals surface area (Å²) in [5.74, 6) is 0.278. The van der Waals surface area contributed by atoms with E-state index in [2.05, 4.69) is 15.2 Å². The molecule has 0 saturated carbocycles. The third kappa shape index (κ3) is 4.73. The molecule has 2 aromatic heterocycles. The summed E-state index contributed by atoms with van der Waals surface area (Å²) >= 11 is 12.8. The molecule has 2 N–H and O–H groups in total. The number of aliphatic hydroxyl groups is 1. The van der Waals surface area contributed by atoms with Gasteiger partial charge in [0.05, 0.1) is 35.1 Å². The van der Waals surface area contributed by atoms with Gasteiger partial charge in [0.2, 0.25) is 0 Å². The highest BCUT2D eigenvalue weighted by Gasteiger charge is 2.21. The number of H-pyrrole nitrogens is 1. The van der Waals surface area contributed by atoms with Crippen molar-refractivity contribution >= 4 is 40.0 Å². The second-order valence-electron chi connectivity index (χ2n) is 7.94. The molecule has 2 aromatic carbocycles. The van der Waals surface area contributed by atoms with Crippen LogP contribution in [0, 0.1) is 0 Å². The number of carbonyl (C=O) groups excluding carboxylic acids is 1. The Kier molecular flexibility index (Phi) is 7.07. The molecule has 0 radical (unpaired) electrons. The van der Waals surface area contributed by atoms with Crippen molar-refractivity contribution in [2.75, 3.05) is 13.7 Å². The van der Waals surface area contributed by atoms with Gasteiger partial charge in [-0.1, -0.05) is 35.3 Å². The van der Waals surface area contributed by atoms with Crippen LogP contribution >= 0.6 is 23.2 Å². The van der Waals surface area contributed by atoms with E-state index < -0.39 is 6.10 Å². The fourth-order valence-electron chi connectivity index (χ4n) is 3.91. The Bertz CT molecular complexity index is 1350. The monoisotopic (exact) mass is 498 g/mol. The number of benzene rings is 2. The predicted octanol–water partition coefficient (Wildman–Crippen LogP) is 5.66. The van der Waals surface area contributed by atoms with Crippen molar-refractivity contribution in [2.24, 2.45) is 0 Å². The average molecular weight is 499 g/mol. The smallest absolute Gasteiger partial charge is 0.254 e. The Hall–Kier alpha value is -3.13. The van der Waals surface area contributed by atoms with Crippen molar-refractivity contribution < 1.29 is 14.6 Å². The standard InChI is InChI=1S/C25H24Cl2N4O3/c1-4-34-21-10-16(9-20(27)22(21)15-6-5-7-18(26)8-15)25(33)31(3)13-17-11-28-23(14(2)32)19-12-29-30-24(17)19/h5-12,14,32H,4,13H2,1-3H3,(H,29,30). The number of nitrogens with zero attached hydrogens (tertiary/aromatic N) is 3. The first kappa shape index (κ1) is 24.0. The van der Waals surface area contributed by atoms with Crippen molar-refractivity contribution in [1.29, 1.82) is 0 Å². The maximum Gasteiger partial charge on any atom is 0.254 e. The Morgan fingerprint density at radius 2 is 2.03 bits per heavy atom. The predicted molar refractivity (Wildman–Crippen MR) is 133 cm³/mol. The van der Waals surface area contributed by atoms with Gasteiger partial charge in [0, 0.05) is 46.9 Å². The molecular formula is C25H24Cl2N4O3. The van der Waals surface area contributed by atoms with Gasteiger partial charge in [0.25, 0.3) is 5.91 Å². The lowest BCUT2D eigenvalue weighted by Crippen LogP contribution is -2.26. The van der Waals surface area contributed by atoms with Gasteiger partial charge in [-0.05, 0) is 43.7 Å². The maximum atomic E-state index is 13.3. The number of pyridine rings is 1. The summed E-state index contributed by atoms with van der Waals surface area (Å²) in [4.78, 5) is 19.3. The number of aromatic amines is 1. The normalized spacial score (nSPS) is 12.1. The summed E-state index contributed by atoms with van der Waals surface area (Å²) < 4.78 is 5.84. The van der Waals surface area contributed by atoms with Gasteiger partial charge in [0.15, 0.2) is 0 Å². The molecule has 1 amide bonds. The fourth-order valence-corrected chi connectivity index (χ4v) is 4.42. The molecule has 0 fully saturated rings. The van der Waals surface area contributed by atoms with Gasteiger partial charge in [-0.25, -0.2) is 0 Å². The highest BCUT2D eigenvalue weighted by molar-refractivity contribution is 6.34. The SMILES string of the molecule is CCOc1cc(C(=O)N(C)Cc2cnc(C(C)O)c3cn[nH]c23)cc(Cl)c1-c1cccc(Cl)c1. The second kappa shape index (κ2) is 10.0. The number of carbonyl (C=O) groups is 1. The Labute approximate surface area is 207 Å². The minimum atomic E-state index is -0.731. The van der Waals surface area contributed by atoms with Crippen LogP contribution in [0.3, 0.4) is 0 Å². The van der Waals surface area contributed by atoms with E-state index in [1.54, 1.807) is 55.5 Å². The minimum absolute atomic E-state index is 0.229. The van der Waals surface area contributed by atoms with Gasteiger partial charge < -0.3 is 14.7 Å². The van der Waals surface area contributed by atoms with E-state index in [9.17, 15) is 9.90 Å². The van der Waals surface area contributed by atoms with E-state index in [4.69, 9.17) is 27.9 Å². The number of amides is 1. The van der Waals surface area contributed by atoms with Crippen molar-refractivity contribution in [3.05, 3.63) is 75.7 Å². The second-order valence-corrected chi connectivity index (χ2v) is 8.78. The van der Waals surface area contributed by atoms with Crippen LogP contribution in [-0.2, 0) is 6.54 Å². The highest BCUT2D eigenvalue weighted by atomic mass is 35.5. The van der Waals surface area contributed by atoms with Gasteiger partial charge >= 0.3 is 0 Å². The Morgan fingerprint density at radius 1 is 1.24 bits per heavy atom. The van der Waals surface area contributed by atoms with Gasteiger partial charge in [0.1, 0.15) is 5.75 Å². The van der Waals surface area contributed by atoms with Crippen LogP contribution < -0.4 is 4.74 Å². The van der Waals surface area contributed by atoms with Crippen LogP contribution in [0.4, 0.5) is 0 Å². The third-order valence-corrected chi connectivity index (χ3v) is 5.99. The number of hydrogen-bond donors (Lipinski definition) is 2. The van der Waals surface area contributed by atoms with E-state index in [0.717, 1.165) is 22.0 Å². The molecule has 34 heavy (non-hydrogen) atoms. The molecule has 2 heterocycles. The molecule has 9 heteroatoms. The molecule has 1 unspecified atom stereocenters. The molecule has 0 saturated heterocycles. The van der Waals surface area contributed by atoms with Crippen molar-refractivity contribution in [3.63, 3.8) is 0 Å². The molecule has 0 bridgehead atoms. The number of rotatable bonds is 7. The van der Waals surface area contributed by atoms with E-state index in [1.165, 1.54) is 0 Å². The molecule has 0 spiro atoms. The van der Waals surface area contributed by atoms with E-state index in [1.807, 2.05) is 19.1 Å². The topological polar surface area (TPSA) is 91.3 Å². The van der Waals surface area contributed by atoms with Crippen molar-refractivity contribution in [2.45, 2.75) is 26.5 Å². The number of nitrogens with one attached hydrogen (secondary N) is 1. The van der Waals surface area contributed by atoms with Crippen LogP contribution in [0.2, 0.25) is 10.0 Å². The summed E-state index contributed by atoms with van der Waals surface area (Å²) in [6.07, 6.45) is 2.54. The first-order valence-electron chi connectivity index (χ1n) is 10.8. The average Bonchev–Trinajstić information content (AvgIpc) is 3.29. The van der Waals surface area contributed by atoms with Crippen LogP contribution in [0.15, 0.2) is 48.8 Å². The highest BCUT2D eigenvalue weighted by Crippen LogP contribution is 2.39. The van der Waals surface area contributed by atoms with Gasteiger partial charge in [-0.2, -0.15) is 5.10 Å². The number of aliphatic hydroxyl groups excluding tert-OH is 1. The quantitative estimate of drug-likeness (QED) is 0.343.